The zero-order valence-electron chi connectivity index (χ0n) is 23.5. The van der Waals surface area contributed by atoms with Crippen LogP contribution in [0.4, 0.5) is 11.6 Å². The minimum Gasteiger partial charge on any atom is -0.489 e. The Bertz CT molecular complexity index is 1180. The number of piperidine rings is 1. The molecule has 2 aliphatic heterocycles. The summed E-state index contributed by atoms with van der Waals surface area (Å²) in [5, 5.41) is 17.7. The minimum atomic E-state index is -0.839. The number of rotatable bonds is 6. The van der Waals surface area contributed by atoms with Crippen molar-refractivity contribution in [3.8, 4) is 5.75 Å². The van der Waals surface area contributed by atoms with Gasteiger partial charge in [0.2, 0.25) is 0 Å². The summed E-state index contributed by atoms with van der Waals surface area (Å²) in [7, 11) is 1.00. The van der Waals surface area contributed by atoms with Crippen molar-refractivity contribution in [3.63, 3.8) is 0 Å². The maximum absolute atomic E-state index is 10.0. The van der Waals surface area contributed by atoms with Crippen molar-refractivity contribution in [2.24, 2.45) is 0 Å². The maximum Gasteiger partial charge on any atom is 0.172 e. The Morgan fingerprint density at radius 1 is 1.10 bits per heavy atom. The molecule has 4 N–H and O–H groups in total. The van der Waals surface area contributed by atoms with Gasteiger partial charge < -0.3 is 30.3 Å². The molecule has 0 unspecified atom stereocenters. The lowest BCUT2D eigenvalue weighted by Gasteiger charge is -2.33. The zero-order chi connectivity index (χ0) is 28.4. The summed E-state index contributed by atoms with van der Waals surface area (Å²) in [5.41, 5.74) is 8.77. The van der Waals surface area contributed by atoms with Crippen molar-refractivity contribution in [2.75, 3.05) is 44.0 Å². The van der Waals surface area contributed by atoms with E-state index in [9.17, 15) is 5.11 Å². The number of anilines is 2. The van der Waals surface area contributed by atoms with Gasteiger partial charge >= 0.3 is 0 Å². The fraction of sp³-hybridized carbons (Fsp3) is 0.552. The van der Waals surface area contributed by atoms with Crippen molar-refractivity contribution in [2.45, 2.75) is 71.0 Å². The molecule has 0 spiro atoms. The van der Waals surface area contributed by atoms with E-state index in [2.05, 4.69) is 21.8 Å². The Labute approximate surface area is 236 Å². The molecule has 5 rings (SSSR count). The van der Waals surface area contributed by atoms with Gasteiger partial charge in [-0.3, -0.25) is 4.98 Å². The number of hydrogen-bond acceptors (Lipinski definition) is 9. The summed E-state index contributed by atoms with van der Waals surface area (Å²) in [5.74, 6) is 1.83. The van der Waals surface area contributed by atoms with Gasteiger partial charge in [-0.15, -0.1) is 0 Å². The molecule has 0 radical (unpaired) electrons. The molecule has 0 atom stereocenters. The molecule has 214 valence electrons. The number of fused-ring (bicyclic) bond motifs is 1. The summed E-state index contributed by atoms with van der Waals surface area (Å²) in [6.45, 7) is 9.16. The minimum absolute atomic E-state index is 0.0940. The zero-order valence-corrected chi connectivity index (χ0v) is 24.2. The largest absolute Gasteiger partial charge is 0.489 e. The lowest BCUT2D eigenvalue weighted by atomic mass is 10.0. The number of hydrogen-bond donors (Lipinski definition) is 3. The number of ether oxygens (including phenoxy) is 2. The monoisotopic (exact) mass is 559 g/mol. The molecule has 10 heteroatoms. The molecular formula is C29H42ClN5O4. The summed E-state index contributed by atoms with van der Waals surface area (Å²) < 4.78 is 11.2. The van der Waals surface area contributed by atoms with E-state index >= 15 is 0 Å². The van der Waals surface area contributed by atoms with Gasteiger partial charge in [-0.2, -0.15) is 0 Å². The summed E-state index contributed by atoms with van der Waals surface area (Å²) >= 11 is 6.33. The van der Waals surface area contributed by atoms with Crippen LogP contribution in [0.2, 0.25) is 5.02 Å². The SMILES string of the molecule is C1CCOC1.CCc1ccc(Cl)c(OC2CCN(c3nc4cnc(CC(C)(C)O)cc4nc3N)CC2)c1.CO. The van der Waals surface area contributed by atoms with E-state index in [1.807, 2.05) is 24.3 Å². The number of aromatic nitrogens is 3. The molecule has 3 aromatic rings. The van der Waals surface area contributed by atoms with Crippen LogP contribution < -0.4 is 15.4 Å². The molecule has 2 fully saturated rings. The van der Waals surface area contributed by atoms with Crippen LogP contribution in [0, 0.1) is 0 Å². The Morgan fingerprint density at radius 2 is 1.79 bits per heavy atom. The first-order valence-corrected chi connectivity index (χ1v) is 14.0. The van der Waals surface area contributed by atoms with Crippen LogP contribution in [0.1, 0.15) is 57.7 Å². The van der Waals surface area contributed by atoms with Crippen molar-refractivity contribution in [1.29, 1.82) is 0 Å². The standard InChI is InChI=1S/C24H30ClN5O2.C4H8O.CH4O/c1-4-15-5-6-18(25)21(11-15)32-17-7-9-30(10-8-17)23-22(26)28-19-12-16(13-24(2,3)31)27-14-20(19)29-23;1-2-4-5-3-1;1-2/h5-6,11-12,14,17,31H,4,7-10,13H2,1-3H3,(H2,26,28);1-4H2;2H,1H3. The number of aliphatic hydroxyl groups is 2. The second kappa shape index (κ2) is 14.6. The van der Waals surface area contributed by atoms with Crippen LogP contribution in [-0.2, 0) is 17.6 Å². The number of nitrogen functional groups attached to an aromatic ring is 1. The normalized spacial score (nSPS) is 15.8. The third kappa shape index (κ3) is 9.17. The lowest BCUT2D eigenvalue weighted by Crippen LogP contribution is -2.39. The van der Waals surface area contributed by atoms with Gasteiger partial charge in [0.1, 0.15) is 17.4 Å². The summed E-state index contributed by atoms with van der Waals surface area (Å²) in [6.07, 6.45) is 7.41. The van der Waals surface area contributed by atoms with E-state index < -0.39 is 5.60 Å². The van der Waals surface area contributed by atoms with Gasteiger partial charge in [0.05, 0.1) is 22.3 Å². The van der Waals surface area contributed by atoms with Gasteiger partial charge in [-0.25, -0.2) is 9.97 Å². The highest BCUT2D eigenvalue weighted by atomic mass is 35.5. The predicted molar refractivity (Wildman–Crippen MR) is 157 cm³/mol. The van der Waals surface area contributed by atoms with E-state index in [-0.39, 0.29) is 6.10 Å². The van der Waals surface area contributed by atoms with Crippen LogP contribution in [0.15, 0.2) is 30.5 Å². The Morgan fingerprint density at radius 3 is 2.38 bits per heavy atom. The highest BCUT2D eigenvalue weighted by Gasteiger charge is 2.25. The fourth-order valence-electron chi connectivity index (χ4n) is 4.51. The molecule has 39 heavy (non-hydrogen) atoms. The topological polar surface area (TPSA) is 127 Å². The number of aliphatic hydroxyl groups excluding tert-OH is 1. The molecule has 9 nitrogen and oxygen atoms in total. The number of benzene rings is 1. The molecule has 2 aromatic heterocycles. The predicted octanol–water partition coefficient (Wildman–Crippen LogP) is 4.59. The summed E-state index contributed by atoms with van der Waals surface area (Å²) in [4.78, 5) is 15.9. The molecular weight excluding hydrogens is 518 g/mol. The average molecular weight is 560 g/mol. The second-order valence-corrected chi connectivity index (χ2v) is 10.7. The average Bonchev–Trinajstić information content (AvgIpc) is 3.51. The van der Waals surface area contributed by atoms with Crippen molar-refractivity contribution < 1.29 is 19.7 Å². The molecule has 0 aliphatic carbocycles. The maximum atomic E-state index is 10.0. The number of aryl methyl sites for hydroxylation is 1. The van der Waals surface area contributed by atoms with Crippen molar-refractivity contribution >= 4 is 34.3 Å². The Hall–Kier alpha value is -2.72. The van der Waals surface area contributed by atoms with Gasteiger partial charge in [0, 0.05) is 58.4 Å². The molecule has 4 heterocycles. The van der Waals surface area contributed by atoms with E-state index in [1.165, 1.54) is 18.4 Å². The highest BCUT2D eigenvalue weighted by molar-refractivity contribution is 6.32. The van der Waals surface area contributed by atoms with E-state index in [1.54, 1.807) is 20.0 Å². The summed E-state index contributed by atoms with van der Waals surface area (Å²) in [6, 6.07) is 7.80. The first-order valence-electron chi connectivity index (χ1n) is 13.6. The highest BCUT2D eigenvalue weighted by Crippen LogP contribution is 2.31. The van der Waals surface area contributed by atoms with Gasteiger partial charge in [-0.05, 0) is 56.9 Å². The fourth-order valence-corrected chi connectivity index (χ4v) is 4.67. The molecule has 1 aromatic carbocycles. The lowest BCUT2D eigenvalue weighted by molar-refractivity contribution is 0.0800. The van der Waals surface area contributed by atoms with Crippen LogP contribution in [0.25, 0.3) is 11.0 Å². The molecule has 0 saturated carbocycles. The smallest absolute Gasteiger partial charge is 0.172 e. The van der Waals surface area contributed by atoms with E-state index in [0.29, 0.717) is 34.1 Å². The Kier molecular flexibility index (Phi) is 11.5. The van der Waals surface area contributed by atoms with Crippen molar-refractivity contribution in [1.82, 2.24) is 15.0 Å². The van der Waals surface area contributed by atoms with Crippen LogP contribution in [0.3, 0.4) is 0 Å². The number of halogens is 1. The van der Waals surface area contributed by atoms with Gasteiger partial charge in [0.15, 0.2) is 11.6 Å². The molecule has 0 amide bonds. The Balaban J connectivity index is 0.000000530. The van der Waals surface area contributed by atoms with Gasteiger partial charge in [0.25, 0.3) is 0 Å². The van der Waals surface area contributed by atoms with E-state index in [0.717, 1.165) is 64.1 Å². The third-order valence-electron chi connectivity index (χ3n) is 6.49. The van der Waals surface area contributed by atoms with Crippen molar-refractivity contribution in [3.05, 3.63) is 46.7 Å². The first kappa shape index (κ1) is 30.8. The van der Waals surface area contributed by atoms with E-state index in [4.69, 9.17) is 36.9 Å². The number of pyridine rings is 1. The van der Waals surface area contributed by atoms with Gasteiger partial charge in [-0.1, -0.05) is 24.6 Å². The molecule has 2 aliphatic rings. The van der Waals surface area contributed by atoms with Crippen LogP contribution >= 0.6 is 11.6 Å². The second-order valence-electron chi connectivity index (χ2n) is 10.3. The van der Waals surface area contributed by atoms with Crippen LogP contribution in [0.5, 0.6) is 5.75 Å². The number of nitrogens with two attached hydrogens (primary N) is 1. The quantitative estimate of drug-likeness (QED) is 0.397. The number of nitrogens with zero attached hydrogens (tertiary/aromatic N) is 4. The molecule has 0 bridgehead atoms. The van der Waals surface area contributed by atoms with Crippen LogP contribution in [-0.4, -0.2) is 70.3 Å². The third-order valence-corrected chi connectivity index (χ3v) is 6.81. The molecule has 2 saturated heterocycles. The first-order chi connectivity index (χ1) is 18.7.